The van der Waals surface area contributed by atoms with Crippen LogP contribution in [-0.2, 0) is 20.0 Å². The van der Waals surface area contributed by atoms with E-state index in [1.54, 1.807) is 0 Å². The van der Waals surface area contributed by atoms with Crippen LogP contribution in [0.1, 0.15) is 31.9 Å². The van der Waals surface area contributed by atoms with Gasteiger partial charge < -0.3 is 10.6 Å². The fourth-order valence-corrected chi connectivity index (χ4v) is 3.38. The number of nitrogens with zero attached hydrogens (tertiary/aromatic N) is 5. The molecular weight excluding hydrogens is 264 g/mol. The van der Waals surface area contributed by atoms with Crippen LogP contribution in [-0.4, -0.2) is 44.4 Å². The molecule has 6 nitrogen and oxygen atoms in total. The van der Waals surface area contributed by atoms with Crippen LogP contribution in [0, 0.1) is 5.92 Å². The van der Waals surface area contributed by atoms with E-state index in [0.717, 1.165) is 35.7 Å². The van der Waals surface area contributed by atoms with Crippen LogP contribution in [0.2, 0.25) is 0 Å². The smallest absolute Gasteiger partial charge is 0.202 e. The van der Waals surface area contributed by atoms with E-state index in [4.69, 9.17) is 5.73 Å². The van der Waals surface area contributed by atoms with Crippen molar-refractivity contribution in [2.45, 2.75) is 39.2 Å². The molecule has 0 spiro atoms. The van der Waals surface area contributed by atoms with Crippen LogP contribution in [0.15, 0.2) is 0 Å². The third kappa shape index (κ3) is 2.64. The second-order valence-corrected chi connectivity index (χ2v) is 6.25. The Morgan fingerprint density at radius 1 is 1.24 bits per heavy atom. The minimum Gasteiger partial charge on any atom is -0.369 e. The van der Waals surface area contributed by atoms with Gasteiger partial charge in [0.2, 0.25) is 5.95 Å². The third-order valence-corrected chi connectivity index (χ3v) is 4.75. The summed E-state index contributed by atoms with van der Waals surface area (Å²) in [5.41, 5.74) is 9.21. The van der Waals surface area contributed by atoms with E-state index in [-0.39, 0.29) is 0 Å². The first-order valence-electron chi connectivity index (χ1n) is 7.96. The first-order chi connectivity index (χ1) is 10.1. The van der Waals surface area contributed by atoms with E-state index in [1.807, 2.05) is 11.7 Å². The zero-order valence-corrected chi connectivity index (χ0v) is 13.3. The predicted octanol–water partition coefficient (Wildman–Crippen LogP) is 1.65. The molecule has 2 aromatic rings. The topological polar surface area (TPSA) is 64.9 Å². The summed E-state index contributed by atoms with van der Waals surface area (Å²) in [6, 6.07) is 0. The molecule has 116 valence electrons. The lowest BCUT2D eigenvalue weighted by atomic mass is 9.94. The summed E-state index contributed by atoms with van der Waals surface area (Å²) in [4.78, 5) is 6.94. The second-order valence-electron chi connectivity index (χ2n) is 6.25. The van der Waals surface area contributed by atoms with Crippen molar-refractivity contribution in [3.8, 4) is 0 Å². The summed E-state index contributed by atoms with van der Waals surface area (Å²) in [5.74, 6) is 1.43. The number of hydrogen-bond acceptors (Lipinski definition) is 4. The Labute approximate surface area is 125 Å². The van der Waals surface area contributed by atoms with Crippen LogP contribution in [0.4, 0.5) is 5.95 Å². The molecule has 3 rings (SSSR count). The number of anilines is 1. The van der Waals surface area contributed by atoms with Gasteiger partial charge in [-0.3, -0.25) is 9.25 Å². The summed E-state index contributed by atoms with van der Waals surface area (Å²) in [5, 5.41) is 4.55. The van der Waals surface area contributed by atoms with Gasteiger partial charge in [0.25, 0.3) is 0 Å². The SMILES string of the molecule is CCc1nn(C)c2c1nc(N)n2CCC1CCN(C)CC1. The molecule has 21 heavy (non-hydrogen) atoms. The van der Waals surface area contributed by atoms with E-state index < -0.39 is 0 Å². The number of aromatic nitrogens is 4. The number of aryl methyl sites for hydroxylation is 3. The minimum absolute atomic E-state index is 0.626. The van der Waals surface area contributed by atoms with E-state index in [0.29, 0.717) is 5.95 Å². The monoisotopic (exact) mass is 290 g/mol. The highest BCUT2D eigenvalue weighted by molar-refractivity contribution is 5.77. The van der Waals surface area contributed by atoms with Gasteiger partial charge in [0.15, 0.2) is 5.65 Å². The van der Waals surface area contributed by atoms with Crippen molar-refractivity contribution in [1.82, 2.24) is 24.2 Å². The van der Waals surface area contributed by atoms with Crippen LogP contribution in [0.5, 0.6) is 0 Å². The van der Waals surface area contributed by atoms with Gasteiger partial charge in [-0.2, -0.15) is 5.10 Å². The summed E-state index contributed by atoms with van der Waals surface area (Å²) < 4.78 is 4.06. The van der Waals surface area contributed by atoms with Crippen LogP contribution >= 0.6 is 0 Å². The molecule has 0 aliphatic carbocycles. The summed E-state index contributed by atoms with van der Waals surface area (Å²) in [6.45, 7) is 5.48. The van der Waals surface area contributed by atoms with Crippen molar-refractivity contribution >= 4 is 17.1 Å². The van der Waals surface area contributed by atoms with Crippen molar-refractivity contribution in [2.75, 3.05) is 25.9 Å². The van der Waals surface area contributed by atoms with Crippen molar-refractivity contribution in [2.24, 2.45) is 13.0 Å². The zero-order chi connectivity index (χ0) is 15.0. The van der Waals surface area contributed by atoms with E-state index in [2.05, 4.69) is 33.5 Å². The minimum atomic E-state index is 0.626. The van der Waals surface area contributed by atoms with Gasteiger partial charge in [0.1, 0.15) is 5.52 Å². The molecule has 0 atom stereocenters. The zero-order valence-electron chi connectivity index (χ0n) is 13.3. The van der Waals surface area contributed by atoms with Gasteiger partial charge in [0.05, 0.1) is 5.69 Å². The highest BCUT2D eigenvalue weighted by Gasteiger charge is 2.20. The van der Waals surface area contributed by atoms with Crippen molar-refractivity contribution in [1.29, 1.82) is 0 Å². The Morgan fingerprint density at radius 2 is 1.95 bits per heavy atom. The van der Waals surface area contributed by atoms with Gasteiger partial charge in [-0.25, -0.2) is 4.98 Å². The number of nitrogen functional groups attached to an aromatic ring is 1. The molecule has 2 N–H and O–H groups in total. The lowest BCUT2D eigenvalue weighted by molar-refractivity contribution is 0.208. The van der Waals surface area contributed by atoms with Crippen LogP contribution < -0.4 is 5.73 Å². The van der Waals surface area contributed by atoms with Crippen molar-refractivity contribution in [3.05, 3.63) is 5.69 Å². The largest absolute Gasteiger partial charge is 0.369 e. The third-order valence-electron chi connectivity index (χ3n) is 4.75. The fraction of sp³-hybridized carbons (Fsp3) is 0.733. The number of hydrogen-bond donors (Lipinski definition) is 1. The molecule has 1 fully saturated rings. The maximum absolute atomic E-state index is 6.13. The summed E-state index contributed by atoms with van der Waals surface area (Å²) in [7, 11) is 4.18. The first-order valence-corrected chi connectivity index (χ1v) is 7.96. The molecule has 2 aromatic heterocycles. The number of fused-ring (bicyclic) bond motifs is 1. The molecule has 1 saturated heterocycles. The number of rotatable bonds is 4. The number of nitrogens with two attached hydrogens (primary N) is 1. The van der Waals surface area contributed by atoms with Crippen molar-refractivity contribution < 1.29 is 0 Å². The number of imidazole rings is 1. The maximum Gasteiger partial charge on any atom is 0.202 e. The molecule has 0 aromatic carbocycles. The average Bonchev–Trinajstić information content (AvgIpc) is 2.95. The summed E-state index contributed by atoms with van der Waals surface area (Å²) >= 11 is 0. The maximum atomic E-state index is 6.13. The Balaban J connectivity index is 1.77. The first kappa shape index (κ1) is 14.4. The van der Waals surface area contributed by atoms with Gasteiger partial charge in [-0.15, -0.1) is 0 Å². The quantitative estimate of drug-likeness (QED) is 0.930. The molecule has 0 amide bonds. The van der Waals surface area contributed by atoms with Gasteiger partial charge in [0, 0.05) is 13.6 Å². The van der Waals surface area contributed by atoms with Crippen molar-refractivity contribution in [3.63, 3.8) is 0 Å². The normalized spacial score (nSPS) is 17.9. The molecular formula is C15H26N6. The van der Waals surface area contributed by atoms with Gasteiger partial charge >= 0.3 is 0 Å². The molecule has 1 aliphatic rings. The molecule has 0 bridgehead atoms. The highest BCUT2D eigenvalue weighted by atomic mass is 15.3. The molecule has 0 unspecified atom stereocenters. The van der Waals surface area contributed by atoms with Gasteiger partial charge in [-0.1, -0.05) is 6.92 Å². The standard InChI is InChI=1S/C15H26N6/c1-4-12-13-14(20(3)18-12)21(15(16)17-13)10-7-11-5-8-19(2)9-6-11/h11H,4-10H2,1-3H3,(H2,16,17). The molecule has 0 radical (unpaired) electrons. The Hall–Kier alpha value is -1.56. The van der Waals surface area contributed by atoms with Crippen LogP contribution in [0.3, 0.4) is 0 Å². The fourth-order valence-electron chi connectivity index (χ4n) is 3.38. The summed E-state index contributed by atoms with van der Waals surface area (Å²) in [6.07, 6.45) is 4.65. The molecule has 0 saturated carbocycles. The van der Waals surface area contributed by atoms with Crippen LogP contribution in [0.25, 0.3) is 11.2 Å². The number of piperidine rings is 1. The Kier molecular flexibility index (Phi) is 3.89. The van der Waals surface area contributed by atoms with E-state index >= 15 is 0 Å². The highest BCUT2D eigenvalue weighted by Crippen LogP contribution is 2.25. The molecule has 1 aliphatic heterocycles. The lowest BCUT2D eigenvalue weighted by Crippen LogP contribution is -2.30. The lowest BCUT2D eigenvalue weighted by Gasteiger charge is -2.29. The van der Waals surface area contributed by atoms with E-state index in [1.165, 1.54) is 32.4 Å². The Bertz CT molecular complexity index is 618. The number of likely N-dealkylation sites (tertiary alicyclic amines) is 1. The predicted molar refractivity (Wildman–Crippen MR) is 85.1 cm³/mol. The Morgan fingerprint density at radius 3 is 2.62 bits per heavy atom. The average molecular weight is 290 g/mol. The van der Waals surface area contributed by atoms with Gasteiger partial charge in [-0.05, 0) is 51.7 Å². The second kappa shape index (κ2) is 5.67. The van der Waals surface area contributed by atoms with E-state index in [9.17, 15) is 0 Å². The molecule has 6 heteroatoms. The molecule has 3 heterocycles.